The average molecular weight is 367 g/mol. The van der Waals surface area contributed by atoms with Crippen LogP contribution in [0.1, 0.15) is 43.5 Å². The zero-order valence-corrected chi connectivity index (χ0v) is 16.3. The number of carbonyl (C=O) groups excluding carboxylic acids is 1. The number of nitrogens with zero attached hydrogens (tertiary/aromatic N) is 4. The Morgan fingerprint density at radius 3 is 2.63 bits per heavy atom. The highest BCUT2D eigenvalue weighted by Crippen LogP contribution is 2.32. The minimum absolute atomic E-state index is 0.137. The maximum Gasteiger partial charge on any atom is 0.253 e. The van der Waals surface area contributed by atoms with Gasteiger partial charge in [-0.15, -0.1) is 0 Å². The van der Waals surface area contributed by atoms with Gasteiger partial charge in [0.1, 0.15) is 6.33 Å². The number of rotatable bonds is 5. The Kier molecular flexibility index (Phi) is 5.25. The third kappa shape index (κ3) is 4.21. The molecule has 0 spiro atoms. The monoisotopic (exact) mass is 367 g/mol. The van der Waals surface area contributed by atoms with Gasteiger partial charge in [-0.25, -0.2) is 4.98 Å². The lowest BCUT2D eigenvalue weighted by Gasteiger charge is -2.34. The van der Waals surface area contributed by atoms with Crippen molar-refractivity contribution in [3.63, 3.8) is 0 Å². The van der Waals surface area contributed by atoms with E-state index >= 15 is 0 Å². The molecular formula is C21H29N5O. The van der Waals surface area contributed by atoms with Crippen molar-refractivity contribution in [1.29, 1.82) is 0 Å². The molecule has 144 valence electrons. The van der Waals surface area contributed by atoms with Crippen LogP contribution in [0.5, 0.6) is 0 Å². The smallest absolute Gasteiger partial charge is 0.253 e. The van der Waals surface area contributed by atoms with Crippen LogP contribution in [0.15, 0.2) is 30.6 Å². The first kappa shape index (κ1) is 18.2. The molecule has 1 saturated carbocycles. The highest BCUT2D eigenvalue weighted by molar-refractivity contribution is 5.94. The number of H-pyrrole nitrogens is 1. The van der Waals surface area contributed by atoms with Gasteiger partial charge in [-0.05, 0) is 43.2 Å². The summed E-state index contributed by atoms with van der Waals surface area (Å²) in [6.07, 6.45) is 5.30. The van der Waals surface area contributed by atoms with Gasteiger partial charge in [0.2, 0.25) is 0 Å². The number of hydrogen-bond acceptors (Lipinski definition) is 4. The molecular weight excluding hydrogens is 338 g/mol. The number of benzene rings is 1. The SMILES string of the molecule is CC(C)[C@@H]1CN(C(=O)c2ccc(-c3ncn[nH]3)cc2)CCCN1CC1CC1. The number of nitrogens with one attached hydrogen (secondary N) is 1. The highest BCUT2D eigenvalue weighted by atomic mass is 16.2. The molecule has 6 nitrogen and oxygen atoms in total. The predicted octanol–water partition coefficient (Wildman–Crippen LogP) is 3.05. The maximum absolute atomic E-state index is 13.1. The largest absolute Gasteiger partial charge is 0.337 e. The summed E-state index contributed by atoms with van der Waals surface area (Å²) in [4.78, 5) is 22.0. The van der Waals surface area contributed by atoms with Gasteiger partial charge in [0, 0.05) is 43.3 Å². The third-order valence-corrected chi connectivity index (χ3v) is 5.82. The summed E-state index contributed by atoms with van der Waals surface area (Å²) in [5.74, 6) is 2.29. The Morgan fingerprint density at radius 1 is 1.22 bits per heavy atom. The van der Waals surface area contributed by atoms with Gasteiger partial charge in [-0.1, -0.05) is 26.0 Å². The van der Waals surface area contributed by atoms with Crippen LogP contribution in [0.4, 0.5) is 0 Å². The minimum Gasteiger partial charge on any atom is -0.337 e. The topological polar surface area (TPSA) is 65.1 Å². The molecule has 0 bridgehead atoms. The van der Waals surface area contributed by atoms with E-state index in [2.05, 4.69) is 38.8 Å². The van der Waals surface area contributed by atoms with Crippen molar-refractivity contribution in [2.75, 3.05) is 26.2 Å². The minimum atomic E-state index is 0.137. The van der Waals surface area contributed by atoms with Gasteiger partial charge in [-0.3, -0.25) is 14.8 Å². The molecule has 2 heterocycles. The highest BCUT2D eigenvalue weighted by Gasteiger charge is 2.33. The second-order valence-electron chi connectivity index (χ2n) is 8.27. The molecule has 2 aromatic rings. The van der Waals surface area contributed by atoms with Crippen LogP contribution in [-0.2, 0) is 0 Å². The lowest BCUT2D eigenvalue weighted by atomic mass is 10.0. The van der Waals surface area contributed by atoms with Crippen LogP contribution in [0.2, 0.25) is 0 Å². The van der Waals surface area contributed by atoms with E-state index in [0.717, 1.165) is 48.9 Å². The van der Waals surface area contributed by atoms with E-state index in [9.17, 15) is 4.79 Å². The molecule has 1 aromatic carbocycles. The van der Waals surface area contributed by atoms with E-state index in [1.807, 2.05) is 24.3 Å². The Balaban J connectivity index is 1.47. The Hall–Kier alpha value is -2.21. The van der Waals surface area contributed by atoms with Crippen molar-refractivity contribution >= 4 is 5.91 Å². The fraction of sp³-hybridized carbons (Fsp3) is 0.571. The summed E-state index contributed by atoms with van der Waals surface area (Å²) in [5, 5.41) is 6.74. The summed E-state index contributed by atoms with van der Waals surface area (Å²) in [7, 11) is 0. The van der Waals surface area contributed by atoms with E-state index in [1.165, 1.54) is 25.7 Å². The molecule has 0 unspecified atom stereocenters. The van der Waals surface area contributed by atoms with Crippen molar-refractivity contribution in [2.45, 2.75) is 39.2 Å². The van der Waals surface area contributed by atoms with E-state index < -0.39 is 0 Å². The molecule has 1 amide bonds. The standard InChI is InChI=1S/C21H29N5O/c1-15(2)19-13-26(11-3-10-25(19)12-16-4-5-16)21(27)18-8-6-17(7-9-18)20-22-14-23-24-20/h6-9,14-16,19H,3-5,10-13H2,1-2H3,(H,22,23,24)/t19-/m0/s1. The molecule has 1 N–H and O–H groups in total. The van der Waals surface area contributed by atoms with Gasteiger partial charge in [0.05, 0.1) is 0 Å². The molecule has 0 radical (unpaired) electrons. The molecule has 1 saturated heterocycles. The average Bonchev–Trinajstić information content (AvgIpc) is 3.38. The normalized spacial score (nSPS) is 21.4. The van der Waals surface area contributed by atoms with E-state index in [0.29, 0.717) is 12.0 Å². The molecule has 1 atom stereocenters. The Labute approximate surface area is 161 Å². The van der Waals surface area contributed by atoms with Crippen LogP contribution >= 0.6 is 0 Å². The summed E-state index contributed by atoms with van der Waals surface area (Å²) in [5.41, 5.74) is 1.69. The Morgan fingerprint density at radius 2 is 2.00 bits per heavy atom. The maximum atomic E-state index is 13.1. The molecule has 1 aromatic heterocycles. The Bertz CT molecular complexity index is 751. The van der Waals surface area contributed by atoms with Gasteiger partial charge >= 0.3 is 0 Å². The van der Waals surface area contributed by atoms with Crippen molar-refractivity contribution in [3.05, 3.63) is 36.2 Å². The molecule has 2 aliphatic rings. The first-order chi connectivity index (χ1) is 13.1. The molecule has 1 aliphatic heterocycles. The molecule has 6 heteroatoms. The number of aromatic nitrogens is 3. The fourth-order valence-electron chi connectivity index (χ4n) is 4.04. The lowest BCUT2D eigenvalue weighted by molar-refractivity contribution is 0.0704. The van der Waals surface area contributed by atoms with Crippen LogP contribution in [0, 0.1) is 11.8 Å². The summed E-state index contributed by atoms with van der Waals surface area (Å²) >= 11 is 0. The summed E-state index contributed by atoms with van der Waals surface area (Å²) < 4.78 is 0. The lowest BCUT2D eigenvalue weighted by Crippen LogP contribution is -2.46. The van der Waals surface area contributed by atoms with Crippen molar-refractivity contribution in [2.24, 2.45) is 11.8 Å². The van der Waals surface area contributed by atoms with Gasteiger partial charge in [0.15, 0.2) is 5.82 Å². The van der Waals surface area contributed by atoms with Gasteiger partial charge in [-0.2, -0.15) is 5.10 Å². The molecule has 27 heavy (non-hydrogen) atoms. The van der Waals surface area contributed by atoms with Gasteiger partial charge < -0.3 is 4.90 Å². The zero-order valence-electron chi connectivity index (χ0n) is 16.3. The second-order valence-corrected chi connectivity index (χ2v) is 8.27. The van der Waals surface area contributed by atoms with Gasteiger partial charge in [0.25, 0.3) is 5.91 Å². The van der Waals surface area contributed by atoms with Crippen LogP contribution in [-0.4, -0.2) is 63.1 Å². The van der Waals surface area contributed by atoms with E-state index in [1.54, 1.807) is 0 Å². The predicted molar refractivity (Wildman–Crippen MR) is 105 cm³/mol. The molecule has 4 rings (SSSR count). The molecule has 2 fully saturated rings. The number of hydrogen-bond donors (Lipinski definition) is 1. The zero-order chi connectivity index (χ0) is 18.8. The van der Waals surface area contributed by atoms with Crippen LogP contribution in [0.3, 0.4) is 0 Å². The van der Waals surface area contributed by atoms with Crippen molar-refractivity contribution in [1.82, 2.24) is 25.0 Å². The first-order valence-electron chi connectivity index (χ1n) is 10.1. The van der Waals surface area contributed by atoms with Crippen molar-refractivity contribution in [3.8, 4) is 11.4 Å². The fourth-order valence-corrected chi connectivity index (χ4v) is 4.04. The van der Waals surface area contributed by atoms with Crippen molar-refractivity contribution < 1.29 is 4.79 Å². The summed E-state index contributed by atoms with van der Waals surface area (Å²) in [6.45, 7) is 8.54. The quantitative estimate of drug-likeness (QED) is 0.882. The van der Waals surface area contributed by atoms with E-state index in [4.69, 9.17) is 0 Å². The number of aromatic amines is 1. The number of amides is 1. The third-order valence-electron chi connectivity index (χ3n) is 5.82. The van der Waals surface area contributed by atoms with E-state index in [-0.39, 0.29) is 5.91 Å². The summed E-state index contributed by atoms with van der Waals surface area (Å²) in [6, 6.07) is 8.12. The number of carbonyl (C=O) groups is 1. The van der Waals surface area contributed by atoms with Crippen LogP contribution < -0.4 is 0 Å². The molecule has 1 aliphatic carbocycles. The first-order valence-corrected chi connectivity index (χ1v) is 10.1. The second kappa shape index (κ2) is 7.80. The van der Waals surface area contributed by atoms with Crippen LogP contribution in [0.25, 0.3) is 11.4 Å².